The number of halogens is 1. The maximum absolute atomic E-state index is 5.34. The van der Waals surface area contributed by atoms with Crippen LogP contribution in [-0.4, -0.2) is 59.5 Å². The summed E-state index contributed by atoms with van der Waals surface area (Å²) < 4.78 is 6.33. The second kappa shape index (κ2) is 8.36. The van der Waals surface area contributed by atoms with Gasteiger partial charge in [0.1, 0.15) is 0 Å². The van der Waals surface area contributed by atoms with Crippen LogP contribution >= 0.6 is 15.9 Å². The van der Waals surface area contributed by atoms with Gasteiger partial charge in [-0.3, -0.25) is 4.90 Å². The van der Waals surface area contributed by atoms with Gasteiger partial charge in [-0.2, -0.15) is 10.1 Å². The Morgan fingerprint density at radius 3 is 2.92 bits per heavy atom. The van der Waals surface area contributed by atoms with Gasteiger partial charge >= 0.3 is 0 Å². The zero-order valence-corrected chi connectivity index (χ0v) is 15.2. The molecule has 1 aromatic heterocycles. The van der Waals surface area contributed by atoms with E-state index in [2.05, 4.69) is 59.6 Å². The molecule has 0 aliphatic carbocycles. The largest absolute Gasteiger partial charge is 0.379 e. The first-order valence-corrected chi connectivity index (χ1v) is 8.77. The molecule has 24 heavy (non-hydrogen) atoms. The number of nitrogens with zero attached hydrogens (tertiary/aromatic N) is 4. The van der Waals surface area contributed by atoms with Crippen LogP contribution in [0.5, 0.6) is 0 Å². The minimum absolute atomic E-state index is 0.525. The van der Waals surface area contributed by atoms with Crippen molar-refractivity contribution >= 4 is 33.4 Å². The van der Waals surface area contributed by atoms with Crippen LogP contribution in [0.3, 0.4) is 0 Å². The summed E-state index contributed by atoms with van der Waals surface area (Å²) in [5, 5.41) is 14.5. The van der Waals surface area contributed by atoms with Crippen LogP contribution in [0.1, 0.15) is 5.56 Å². The summed E-state index contributed by atoms with van der Waals surface area (Å²) in [5.74, 6) is 1.18. The highest BCUT2D eigenvalue weighted by molar-refractivity contribution is 9.10. The van der Waals surface area contributed by atoms with E-state index in [0.29, 0.717) is 11.8 Å². The number of benzene rings is 1. The molecule has 0 atom stereocenters. The summed E-state index contributed by atoms with van der Waals surface area (Å²) in [6.45, 7) is 7.34. The van der Waals surface area contributed by atoms with Crippen LogP contribution in [-0.2, 0) is 4.74 Å². The molecule has 7 nitrogen and oxygen atoms in total. The predicted octanol–water partition coefficient (Wildman–Crippen LogP) is 2.43. The molecule has 0 unspecified atom stereocenters. The van der Waals surface area contributed by atoms with Crippen molar-refractivity contribution in [2.24, 2.45) is 0 Å². The molecule has 2 N–H and O–H groups in total. The molecule has 0 radical (unpaired) electrons. The summed E-state index contributed by atoms with van der Waals surface area (Å²) in [6.07, 6.45) is 1.61. The lowest BCUT2D eigenvalue weighted by atomic mass is 10.2. The van der Waals surface area contributed by atoms with Crippen LogP contribution in [0.15, 0.2) is 28.9 Å². The van der Waals surface area contributed by atoms with E-state index in [1.807, 2.05) is 12.1 Å². The van der Waals surface area contributed by atoms with Gasteiger partial charge < -0.3 is 15.4 Å². The van der Waals surface area contributed by atoms with E-state index in [1.165, 1.54) is 5.56 Å². The summed E-state index contributed by atoms with van der Waals surface area (Å²) in [4.78, 5) is 6.81. The van der Waals surface area contributed by atoms with E-state index in [1.54, 1.807) is 6.20 Å². The molecule has 0 bridgehead atoms. The highest BCUT2D eigenvalue weighted by atomic mass is 79.9. The third-order valence-electron chi connectivity index (χ3n) is 3.76. The number of hydrogen-bond donors (Lipinski definition) is 2. The van der Waals surface area contributed by atoms with E-state index in [4.69, 9.17) is 4.74 Å². The van der Waals surface area contributed by atoms with Crippen molar-refractivity contribution in [2.75, 3.05) is 50.0 Å². The minimum Gasteiger partial charge on any atom is -0.379 e. The van der Waals surface area contributed by atoms with Crippen molar-refractivity contribution in [3.63, 3.8) is 0 Å². The van der Waals surface area contributed by atoms with Crippen LogP contribution in [0.2, 0.25) is 0 Å². The van der Waals surface area contributed by atoms with Gasteiger partial charge in [-0.25, -0.2) is 0 Å². The molecule has 1 saturated heterocycles. The minimum atomic E-state index is 0.525. The molecule has 0 saturated carbocycles. The van der Waals surface area contributed by atoms with Crippen molar-refractivity contribution in [3.8, 4) is 0 Å². The summed E-state index contributed by atoms with van der Waals surface area (Å²) >= 11 is 3.55. The molecule has 1 aliphatic heterocycles. The van der Waals surface area contributed by atoms with Crippen LogP contribution in [0.25, 0.3) is 0 Å². The summed E-state index contributed by atoms with van der Waals surface area (Å²) in [7, 11) is 0. The molecule has 0 amide bonds. The van der Waals surface area contributed by atoms with Gasteiger partial charge in [0.05, 0.1) is 25.1 Å². The first-order valence-electron chi connectivity index (χ1n) is 7.97. The third-order valence-corrected chi connectivity index (χ3v) is 4.42. The maximum atomic E-state index is 5.34. The van der Waals surface area contributed by atoms with E-state index in [-0.39, 0.29) is 0 Å². The standard InChI is InChI=1S/C16H21BrN6O/c1-12-2-3-14(13(17)10-12)20-15-11-19-22-16(21-15)18-4-5-23-6-8-24-9-7-23/h2-3,10-11H,4-9H2,1H3,(H2,18,20,21,22). The Balaban J connectivity index is 1.55. The average molecular weight is 393 g/mol. The van der Waals surface area contributed by atoms with Crippen LogP contribution < -0.4 is 10.6 Å². The SMILES string of the molecule is Cc1ccc(Nc2cnnc(NCCN3CCOCC3)n2)c(Br)c1. The van der Waals surface area contributed by atoms with Crippen molar-refractivity contribution in [3.05, 3.63) is 34.4 Å². The van der Waals surface area contributed by atoms with Gasteiger partial charge in [0.15, 0.2) is 5.82 Å². The Labute approximate surface area is 150 Å². The molecule has 1 aliphatic rings. The lowest BCUT2D eigenvalue weighted by molar-refractivity contribution is 0.0398. The number of aryl methyl sites for hydroxylation is 1. The number of aromatic nitrogens is 3. The summed E-state index contributed by atoms with van der Waals surface area (Å²) in [5.41, 5.74) is 2.14. The monoisotopic (exact) mass is 392 g/mol. The van der Waals surface area contributed by atoms with E-state index >= 15 is 0 Å². The Bertz CT molecular complexity index is 677. The number of anilines is 3. The summed E-state index contributed by atoms with van der Waals surface area (Å²) in [6, 6.07) is 6.11. The molecule has 0 spiro atoms. The van der Waals surface area contributed by atoms with Gasteiger partial charge in [0.25, 0.3) is 0 Å². The van der Waals surface area contributed by atoms with Crippen LogP contribution in [0.4, 0.5) is 17.5 Å². The Morgan fingerprint density at radius 2 is 2.12 bits per heavy atom. The molecule has 2 heterocycles. The molecule has 3 rings (SSSR count). The molecule has 2 aromatic rings. The smallest absolute Gasteiger partial charge is 0.244 e. The average Bonchev–Trinajstić information content (AvgIpc) is 2.59. The van der Waals surface area contributed by atoms with Crippen LogP contribution in [0, 0.1) is 6.92 Å². The molecule has 1 aromatic carbocycles. The maximum Gasteiger partial charge on any atom is 0.244 e. The van der Waals surface area contributed by atoms with Gasteiger partial charge in [-0.15, -0.1) is 5.10 Å². The van der Waals surface area contributed by atoms with E-state index in [9.17, 15) is 0 Å². The fourth-order valence-electron chi connectivity index (χ4n) is 2.45. The number of hydrogen-bond acceptors (Lipinski definition) is 7. The molecular weight excluding hydrogens is 372 g/mol. The van der Waals surface area contributed by atoms with Gasteiger partial charge in [0.2, 0.25) is 5.95 Å². The Kier molecular flexibility index (Phi) is 5.95. The lowest BCUT2D eigenvalue weighted by Gasteiger charge is -2.26. The number of ether oxygens (including phenoxy) is 1. The van der Waals surface area contributed by atoms with Crippen molar-refractivity contribution < 1.29 is 4.74 Å². The van der Waals surface area contributed by atoms with Gasteiger partial charge in [0, 0.05) is 30.7 Å². The zero-order chi connectivity index (χ0) is 16.8. The fourth-order valence-corrected chi connectivity index (χ4v) is 3.04. The topological polar surface area (TPSA) is 75.2 Å². The third kappa shape index (κ3) is 4.86. The molecule has 1 fully saturated rings. The highest BCUT2D eigenvalue weighted by Gasteiger charge is 2.10. The quantitative estimate of drug-likeness (QED) is 0.781. The zero-order valence-electron chi connectivity index (χ0n) is 13.6. The Morgan fingerprint density at radius 1 is 1.29 bits per heavy atom. The highest BCUT2D eigenvalue weighted by Crippen LogP contribution is 2.25. The first-order chi connectivity index (χ1) is 11.7. The van der Waals surface area contributed by atoms with E-state index < -0.39 is 0 Å². The number of nitrogens with one attached hydrogen (secondary N) is 2. The molecule has 128 valence electrons. The number of morpholine rings is 1. The normalized spacial score (nSPS) is 15.2. The van der Waals surface area contributed by atoms with Crippen molar-refractivity contribution in [1.82, 2.24) is 20.1 Å². The second-order valence-corrected chi connectivity index (χ2v) is 6.51. The molecule has 8 heteroatoms. The Hall–Kier alpha value is -1.77. The van der Waals surface area contributed by atoms with Gasteiger partial charge in [-0.1, -0.05) is 6.07 Å². The first kappa shape index (κ1) is 17.1. The second-order valence-electron chi connectivity index (χ2n) is 5.65. The number of rotatable bonds is 6. The fraction of sp³-hybridized carbons (Fsp3) is 0.438. The van der Waals surface area contributed by atoms with Crippen molar-refractivity contribution in [1.29, 1.82) is 0 Å². The van der Waals surface area contributed by atoms with Gasteiger partial charge in [-0.05, 0) is 40.5 Å². The lowest BCUT2D eigenvalue weighted by Crippen LogP contribution is -2.39. The predicted molar refractivity (Wildman–Crippen MR) is 97.7 cm³/mol. The van der Waals surface area contributed by atoms with Crippen molar-refractivity contribution in [2.45, 2.75) is 6.92 Å². The van der Waals surface area contributed by atoms with E-state index in [0.717, 1.165) is 49.6 Å². The molecular formula is C16H21BrN6O.